The van der Waals surface area contributed by atoms with Crippen molar-refractivity contribution in [3.05, 3.63) is 57.2 Å². The fourth-order valence-electron chi connectivity index (χ4n) is 4.12. The maximum Gasteiger partial charge on any atom is 0.263 e. The van der Waals surface area contributed by atoms with Gasteiger partial charge in [-0.1, -0.05) is 49.7 Å². The zero-order valence-electron chi connectivity index (χ0n) is 17.6. The molecule has 2 amide bonds. The Balaban J connectivity index is 1.64. The van der Waals surface area contributed by atoms with E-state index >= 15 is 0 Å². The van der Waals surface area contributed by atoms with Gasteiger partial charge in [-0.3, -0.25) is 14.5 Å². The number of halogens is 1. The average Bonchev–Trinajstić information content (AvgIpc) is 3.31. The van der Waals surface area contributed by atoms with Crippen molar-refractivity contribution >= 4 is 34.8 Å². The Bertz CT molecular complexity index is 839. The van der Waals surface area contributed by atoms with Crippen LogP contribution < -0.4 is 5.32 Å². The van der Waals surface area contributed by atoms with Gasteiger partial charge in [-0.2, -0.15) is 0 Å². The second-order valence-electron chi connectivity index (χ2n) is 7.57. The van der Waals surface area contributed by atoms with E-state index in [9.17, 15) is 9.59 Å². The van der Waals surface area contributed by atoms with Gasteiger partial charge in [0, 0.05) is 24.7 Å². The van der Waals surface area contributed by atoms with Crippen molar-refractivity contribution < 1.29 is 9.59 Å². The molecule has 2 atom stereocenters. The van der Waals surface area contributed by atoms with Crippen LogP contribution in [0.1, 0.15) is 48.0 Å². The number of nitrogens with one attached hydrogen (secondary N) is 1. The summed E-state index contributed by atoms with van der Waals surface area (Å²) in [5.74, 6) is -0.131. The fourth-order valence-corrected chi connectivity index (χ4v) is 5.07. The molecule has 162 valence electrons. The van der Waals surface area contributed by atoms with Gasteiger partial charge < -0.3 is 10.2 Å². The summed E-state index contributed by atoms with van der Waals surface area (Å²) in [5, 5.41) is 5.77. The van der Waals surface area contributed by atoms with Crippen LogP contribution in [0.2, 0.25) is 5.02 Å². The highest BCUT2D eigenvalue weighted by Crippen LogP contribution is 2.27. The minimum atomic E-state index is -0.175. The molecule has 0 bridgehead atoms. The van der Waals surface area contributed by atoms with Gasteiger partial charge in [-0.05, 0) is 49.0 Å². The first-order valence-corrected chi connectivity index (χ1v) is 11.9. The molecule has 0 radical (unpaired) electrons. The summed E-state index contributed by atoms with van der Waals surface area (Å²) in [7, 11) is 0. The Kier molecular flexibility index (Phi) is 8.31. The molecule has 3 rings (SSSR count). The predicted octanol–water partition coefficient (Wildman–Crippen LogP) is 4.45. The van der Waals surface area contributed by atoms with Crippen LogP contribution in [0.25, 0.3) is 0 Å². The maximum atomic E-state index is 13.0. The van der Waals surface area contributed by atoms with E-state index in [0.717, 1.165) is 36.4 Å². The normalized spacial score (nSPS) is 17.7. The maximum absolute atomic E-state index is 13.0. The number of piperidine rings is 1. The lowest BCUT2D eigenvalue weighted by Crippen LogP contribution is -2.47. The molecule has 0 aliphatic carbocycles. The number of rotatable bonds is 8. The molecule has 1 N–H and O–H groups in total. The van der Waals surface area contributed by atoms with Gasteiger partial charge in [-0.25, -0.2) is 0 Å². The molecule has 0 spiro atoms. The highest BCUT2D eigenvalue weighted by molar-refractivity contribution is 7.12. The molecule has 5 nitrogen and oxygen atoms in total. The molecule has 2 heterocycles. The quantitative estimate of drug-likeness (QED) is 0.650. The number of hydrogen-bond donors (Lipinski definition) is 1. The van der Waals surface area contributed by atoms with Gasteiger partial charge >= 0.3 is 0 Å². The molecule has 1 saturated heterocycles. The van der Waals surface area contributed by atoms with Crippen molar-refractivity contribution in [3.8, 4) is 0 Å². The van der Waals surface area contributed by atoms with Crippen LogP contribution >= 0.6 is 22.9 Å². The topological polar surface area (TPSA) is 52.7 Å². The van der Waals surface area contributed by atoms with E-state index in [2.05, 4.69) is 24.1 Å². The zero-order chi connectivity index (χ0) is 21.5. The van der Waals surface area contributed by atoms with Crippen LogP contribution in [-0.2, 0) is 4.79 Å². The predicted molar refractivity (Wildman–Crippen MR) is 123 cm³/mol. The first kappa shape index (κ1) is 22.8. The van der Waals surface area contributed by atoms with E-state index in [1.807, 2.05) is 46.7 Å². The summed E-state index contributed by atoms with van der Waals surface area (Å²) in [6, 6.07) is 11.6. The molecule has 1 aliphatic heterocycles. The van der Waals surface area contributed by atoms with Gasteiger partial charge in [0.1, 0.15) is 0 Å². The second-order valence-corrected chi connectivity index (χ2v) is 8.93. The van der Waals surface area contributed by atoms with Crippen LogP contribution in [-0.4, -0.2) is 54.3 Å². The summed E-state index contributed by atoms with van der Waals surface area (Å²) in [5.41, 5.74) is 1.03. The second kappa shape index (κ2) is 10.9. The van der Waals surface area contributed by atoms with Gasteiger partial charge in [0.15, 0.2) is 0 Å². The molecular formula is C23H30ClN3O2S. The molecule has 0 saturated carbocycles. The standard InChI is InChI=1S/C23H30ClN3O2S/c1-3-26(4-2)20(18-10-5-6-11-19(18)24)15-25-22(28)17-9-7-13-27(16-17)23(29)21-12-8-14-30-21/h5-6,8,10-12,14,17,20H,3-4,7,9,13,15-16H2,1-2H3,(H,25,28). The third-order valence-corrected chi connectivity index (χ3v) is 7.00. The highest BCUT2D eigenvalue weighted by atomic mass is 35.5. The van der Waals surface area contributed by atoms with Gasteiger partial charge in [-0.15, -0.1) is 11.3 Å². The number of nitrogens with zero attached hydrogens (tertiary/aromatic N) is 2. The average molecular weight is 448 g/mol. The SMILES string of the molecule is CCN(CC)C(CNC(=O)C1CCCN(C(=O)c2cccs2)C1)c1ccccc1Cl. The van der Waals surface area contributed by atoms with E-state index in [4.69, 9.17) is 11.6 Å². The van der Waals surface area contributed by atoms with Gasteiger partial charge in [0.2, 0.25) is 5.91 Å². The summed E-state index contributed by atoms with van der Waals surface area (Å²) in [6.07, 6.45) is 1.65. The van der Waals surface area contributed by atoms with Gasteiger partial charge in [0.25, 0.3) is 5.91 Å². The number of likely N-dealkylation sites (N-methyl/N-ethyl adjacent to an activating group) is 1. The Morgan fingerprint density at radius 1 is 1.23 bits per heavy atom. The first-order chi connectivity index (χ1) is 14.5. The largest absolute Gasteiger partial charge is 0.354 e. The molecule has 2 aromatic rings. The molecule has 1 aromatic heterocycles. The molecule has 1 fully saturated rings. The highest BCUT2D eigenvalue weighted by Gasteiger charge is 2.30. The molecular weight excluding hydrogens is 418 g/mol. The van der Waals surface area contributed by atoms with Crippen molar-refractivity contribution in [3.63, 3.8) is 0 Å². The molecule has 2 unspecified atom stereocenters. The summed E-state index contributed by atoms with van der Waals surface area (Å²) in [6.45, 7) is 7.66. The number of hydrogen-bond acceptors (Lipinski definition) is 4. The Hall–Kier alpha value is -1.89. The molecule has 30 heavy (non-hydrogen) atoms. The number of benzene rings is 1. The van der Waals surface area contributed by atoms with Crippen molar-refractivity contribution in [2.45, 2.75) is 32.7 Å². The fraction of sp³-hybridized carbons (Fsp3) is 0.478. The van der Waals surface area contributed by atoms with Crippen molar-refractivity contribution in [2.75, 3.05) is 32.7 Å². The smallest absolute Gasteiger partial charge is 0.263 e. The lowest BCUT2D eigenvalue weighted by atomic mass is 9.96. The first-order valence-electron chi connectivity index (χ1n) is 10.6. The summed E-state index contributed by atoms with van der Waals surface area (Å²) in [4.78, 5) is 30.5. The minimum absolute atomic E-state index is 0.0166. The van der Waals surface area contributed by atoms with E-state index in [1.54, 1.807) is 0 Å². The number of thiophene rings is 1. The summed E-state index contributed by atoms with van der Waals surface area (Å²) >= 11 is 7.91. The monoisotopic (exact) mass is 447 g/mol. The Labute approximate surface area is 188 Å². The number of likely N-dealkylation sites (tertiary alicyclic amines) is 1. The number of carbonyl (C=O) groups excluding carboxylic acids is 2. The van der Waals surface area contributed by atoms with E-state index < -0.39 is 0 Å². The number of amides is 2. The third kappa shape index (κ3) is 5.42. The molecule has 1 aromatic carbocycles. The Morgan fingerprint density at radius 3 is 2.67 bits per heavy atom. The number of carbonyl (C=O) groups is 2. The van der Waals surface area contributed by atoms with Crippen LogP contribution in [0.4, 0.5) is 0 Å². The zero-order valence-corrected chi connectivity index (χ0v) is 19.2. The summed E-state index contributed by atoms with van der Waals surface area (Å²) < 4.78 is 0. The Morgan fingerprint density at radius 2 is 2.00 bits per heavy atom. The third-order valence-electron chi connectivity index (χ3n) is 5.80. The van der Waals surface area contributed by atoms with Crippen LogP contribution in [0.3, 0.4) is 0 Å². The van der Waals surface area contributed by atoms with Crippen molar-refractivity contribution in [2.24, 2.45) is 5.92 Å². The minimum Gasteiger partial charge on any atom is -0.354 e. The lowest BCUT2D eigenvalue weighted by Gasteiger charge is -2.34. The van der Waals surface area contributed by atoms with Crippen molar-refractivity contribution in [1.29, 1.82) is 0 Å². The van der Waals surface area contributed by atoms with E-state index in [1.165, 1.54) is 11.3 Å². The van der Waals surface area contributed by atoms with E-state index in [-0.39, 0.29) is 23.8 Å². The van der Waals surface area contributed by atoms with Crippen LogP contribution in [0.15, 0.2) is 41.8 Å². The molecule has 1 aliphatic rings. The lowest BCUT2D eigenvalue weighted by molar-refractivity contribution is -0.126. The molecule has 7 heteroatoms. The van der Waals surface area contributed by atoms with Gasteiger partial charge in [0.05, 0.1) is 16.8 Å². The van der Waals surface area contributed by atoms with E-state index in [0.29, 0.717) is 24.7 Å². The van der Waals surface area contributed by atoms with Crippen LogP contribution in [0.5, 0.6) is 0 Å². The van der Waals surface area contributed by atoms with Crippen LogP contribution in [0, 0.1) is 5.92 Å². The van der Waals surface area contributed by atoms with Crippen molar-refractivity contribution in [1.82, 2.24) is 15.1 Å².